The van der Waals surface area contributed by atoms with Crippen molar-refractivity contribution in [2.24, 2.45) is 0 Å². The van der Waals surface area contributed by atoms with Gasteiger partial charge >= 0.3 is 0 Å². The number of hydrogen-bond donors (Lipinski definition) is 0. The van der Waals surface area contributed by atoms with Crippen LogP contribution < -0.4 is 20.7 Å². The van der Waals surface area contributed by atoms with Gasteiger partial charge in [0.2, 0.25) is 0 Å². The molecule has 7 aromatic carbocycles. The molecular formula is C45H33N3Si. The third-order valence-corrected chi connectivity index (χ3v) is 13.8. The van der Waals surface area contributed by atoms with Crippen LogP contribution in [-0.2, 0) is 0 Å². The fourth-order valence-corrected chi connectivity index (χ4v) is 11.6. The van der Waals surface area contributed by atoms with E-state index >= 15 is 0 Å². The molecule has 232 valence electrons. The van der Waals surface area contributed by atoms with Gasteiger partial charge in [0.25, 0.3) is 0 Å². The third-order valence-electron chi connectivity index (χ3n) is 9.07. The predicted octanol–water partition coefficient (Wildman–Crippen LogP) is 7.92. The topological polar surface area (TPSA) is 38.7 Å². The summed E-state index contributed by atoms with van der Waals surface area (Å²) in [5, 5.41) is 5.20. The van der Waals surface area contributed by atoms with Gasteiger partial charge in [-0.2, -0.15) is 0 Å². The summed E-state index contributed by atoms with van der Waals surface area (Å²) in [7, 11) is -2.85. The van der Waals surface area contributed by atoms with Crippen molar-refractivity contribution in [1.29, 1.82) is 0 Å². The zero-order chi connectivity index (χ0) is 32.9. The first-order valence-corrected chi connectivity index (χ1v) is 18.5. The first-order chi connectivity index (χ1) is 24.3. The standard InChI is InChI=1S/C45H33N3Si/c1-6-18-34(19-7-1)37-24-16-30-41(32-37)49(39-26-12-4-13-27-39,40-28-14-5-15-29-40)42-31-17-25-38(33-42)45-47-43(35-20-8-2-9-21-35)46-44(48-45)36-22-10-3-11-23-36/h1-33H. The highest BCUT2D eigenvalue weighted by molar-refractivity contribution is 7.20. The molecule has 0 fully saturated rings. The first-order valence-electron chi connectivity index (χ1n) is 16.5. The van der Waals surface area contributed by atoms with Gasteiger partial charge in [0.15, 0.2) is 25.5 Å². The molecule has 0 spiro atoms. The minimum Gasteiger partial charge on any atom is -0.208 e. The zero-order valence-electron chi connectivity index (χ0n) is 26.9. The van der Waals surface area contributed by atoms with Crippen LogP contribution in [0.5, 0.6) is 0 Å². The second-order valence-corrected chi connectivity index (χ2v) is 15.9. The van der Waals surface area contributed by atoms with Gasteiger partial charge in [0, 0.05) is 16.7 Å². The molecular weight excluding hydrogens is 611 g/mol. The average molecular weight is 644 g/mol. The van der Waals surface area contributed by atoms with E-state index in [1.54, 1.807) is 0 Å². The van der Waals surface area contributed by atoms with Crippen LogP contribution in [0.4, 0.5) is 0 Å². The Kier molecular flexibility index (Phi) is 8.29. The number of benzene rings is 7. The quantitative estimate of drug-likeness (QED) is 0.125. The highest BCUT2D eigenvalue weighted by atomic mass is 28.3. The van der Waals surface area contributed by atoms with Crippen LogP contribution in [-0.4, -0.2) is 23.0 Å². The summed E-state index contributed by atoms with van der Waals surface area (Å²) in [6, 6.07) is 71.0. The Hall–Kier alpha value is -6.23. The predicted molar refractivity (Wildman–Crippen MR) is 205 cm³/mol. The Morgan fingerprint density at radius 2 is 0.551 bits per heavy atom. The van der Waals surface area contributed by atoms with Gasteiger partial charge in [-0.05, 0) is 31.9 Å². The summed E-state index contributed by atoms with van der Waals surface area (Å²) in [4.78, 5) is 15.1. The largest absolute Gasteiger partial charge is 0.208 e. The zero-order valence-corrected chi connectivity index (χ0v) is 27.9. The number of nitrogens with zero attached hydrogens (tertiary/aromatic N) is 3. The van der Waals surface area contributed by atoms with Crippen molar-refractivity contribution in [1.82, 2.24) is 15.0 Å². The normalized spacial score (nSPS) is 11.3. The van der Waals surface area contributed by atoms with Gasteiger partial charge in [-0.1, -0.05) is 200 Å². The molecule has 0 unspecified atom stereocenters. The monoisotopic (exact) mass is 643 g/mol. The van der Waals surface area contributed by atoms with Crippen LogP contribution in [0, 0.1) is 0 Å². The van der Waals surface area contributed by atoms with Crippen molar-refractivity contribution in [2.45, 2.75) is 0 Å². The first kappa shape index (κ1) is 30.1. The molecule has 3 nitrogen and oxygen atoms in total. The molecule has 0 saturated heterocycles. The van der Waals surface area contributed by atoms with E-state index in [0.29, 0.717) is 17.5 Å². The van der Waals surface area contributed by atoms with Crippen molar-refractivity contribution in [2.75, 3.05) is 0 Å². The molecule has 8 rings (SSSR count). The van der Waals surface area contributed by atoms with Gasteiger partial charge in [0.05, 0.1) is 0 Å². The summed E-state index contributed by atoms with van der Waals surface area (Å²) in [5.74, 6) is 1.96. The molecule has 1 aromatic heterocycles. The van der Waals surface area contributed by atoms with E-state index in [-0.39, 0.29) is 0 Å². The van der Waals surface area contributed by atoms with Crippen molar-refractivity contribution < 1.29 is 0 Å². The van der Waals surface area contributed by atoms with Crippen molar-refractivity contribution in [3.05, 3.63) is 200 Å². The Labute approximate surface area is 288 Å². The van der Waals surface area contributed by atoms with E-state index in [1.165, 1.54) is 31.9 Å². The van der Waals surface area contributed by atoms with Crippen LogP contribution >= 0.6 is 0 Å². The van der Waals surface area contributed by atoms with E-state index in [2.05, 4.69) is 140 Å². The smallest absolute Gasteiger partial charge is 0.179 e. The van der Waals surface area contributed by atoms with Gasteiger partial charge in [0.1, 0.15) is 0 Å². The molecule has 4 heteroatoms. The van der Waals surface area contributed by atoms with Gasteiger partial charge < -0.3 is 0 Å². The Bertz CT molecular complexity index is 2210. The average Bonchev–Trinajstić information content (AvgIpc) is 3.20. The highest BCUT2D eigenvalue weighted by Crippen LogP contribution is 2.25. The molecule has 0 aliphatic carbocycles. The van der Waals surface area contributed by atoms with Crippen molar-refractivity contribution >= 4 is 28.8 Å². The Morgan fingerprint density at radius 3 is 1.00 bits per heavy atom. The number of aromatic nitrogens is 3. The van der Waals surface area contributed by atoms with Gasteiger partial charge in [-0.3, -0.25) is 0 Å². The van der Waals surface area contributed by atoms with Crippen LogP contribution in [0.3, 0.4) is 0 Å². The number of rotatable bonds is 8. The SMILES string of the molecule is c1ccc(-c2cccc([Si](c3ccccc3)(c3ccccc3)c3cccc(-c4nc(-c5ccccc5)nc(-c5ccccc5)n4)c3)c2)cc1. The Balaban J connectivity index is 1.38. The fraction of sp³-hybridized carbons (Fsp3) is 0. The summed E-state index contributed by atoms with van der Waals surface area (Å²) in [6.45, 7) is 0. The van der Waals surface area contributed by atoms with Crippen molar-refractivity contribution in [3.63, 3.8) is 0 Å². The Morgan fingerprint density at radius 1 is 0.245 bits per heavy atom. The maximum absolute atomic E-state index is 5.09. The number of hydrogen-bond acceptors (Lipinski definition) is 3. The highest BCUT2D eigenvalue weighted by Gasteiger charge is 2.41. The summed E-state index contributed by atoms with van der Waals surface area (Å²) in [5.41, 5.74) is 5.27. The second kappa shape index (κ2) is 13.5. The van der Waals surface area contributed by atoms with E-state index < -0.39 is 8.07 Å². The van der Waals surface area contributed by atoms with Crippen LogP contribution in [0.15, 0.2) is 200 Å². The molecule has 49 heavy (non-hydrogen) atoms. The minimum absolute atomic E-state index is 0.650. The van der Waals surface area contributed by atoms with E-state index in [1.807, 2.05) is 60.7 Å². The van der Waals surface area contributed by atoms with E-state index in [0.717, 1.165) is 16.7 Å². The molecule has 1 heterocycles. The van der Waals surface area contributed by atoms with Crippen LogP contribution in [0.1, 0.15) is 0 Å². The van der Waals surface area contributed by atoms with Crippen LogP contribution in [0.2, 0.25) is 0 Å². The van der Waals surface area contributed by atoms with E-state index in [9.17, 15) is 0 Å². The van der Waals surface area contributed by atoms with Gasteiger partial charge in [-0.15, -0.1) is 0 Å². The van der Waals surface area contributed by atoms with Crippen LogP contribution in [0.25, 0.3) is 45.3 Å². The van der Waals surface area contributed by atoms with Gasteiger partial charge in [-0.25, -0.2) is 15.0 Å². The minimum atomic E-state index is -2.85. The maximum atomic E-state index is 5.09. The summed E-state index contributed by atoms with van der Waals surface area (Å²) < 4.78 is 0. The molecule has 0 amide bonds. The lowest BCUT2D eigenvalue weighted by Crippen LogP contribution is -2.74. The lowest BCUT2D eigenvalue weighted by Gasteiger charge is -2.35. The molecule has 0 N–H and O–H groups in total. The molecule has 0 saturated carbocycles. The third kappa shape index (κ3) is 5.90. The second-order valence-electron chi connectivity index (χ2n) is 12.0. The van der Waals surface area contributed by atoms with Crippen molar-refractivity contribution in [3.8, 4) is 45.3 Å². The summed E-state index contributed by atoms with van der Waals surface area (Å²) >= 11 is 0. The molecule has 0 atom stereocenters. The lowest BCUT2D eigenvalue weighted by atomic mass is 10.1. The maximum Gasteiger partial charge on any atom is 0.179 e. The lowest BCUT2D eigenvalue weighted by molar-refractivity contribution is 1.07. The summed E-state index contributed by atoms with van der Waals surface area (Å²) in [6.07, 6.45) is 0. The fourth-order valence-electron chi connectivity index (χ4n) is 6.77. The molecule has 0 aliphatic heterocycles. The molecule has 8 aromatic rings. The molecule has 0 radical (unpaired) electrons. The molecule has 0 bridgehead atoms. The van der Waals surface area contributed by atoms with E-state index in [4.69, 9.17) is 15.0 Å². The molecule has 0 aliphatic rings.